The van der Waals surface area contributed by atoms with Gasteiger partial charge >= 0.3 is 6.09 Å². The highest BCUT2D eigenvalue weighted by Gasteiger charge is 2.38. The molecule has 0 aromatic rings. The van der Waals surface area contributed by atoms with E-state index in [1.807, 2.05) is 6.92 Å². The molecule has 1 saturated carbocycles. The van der Waals surface area contributed by atoms with Crippen molar-refractivity contribution < 1.29 is 9.53 Å². The maximum Gasteiger partial charge on any atom is 0.421 e. The number of carbonyl (C=O) groups is 1. The van der Waals surface area contributed by atoms with E-state index >= 15 is 0 Å². The molecule has 1 rings (SSSR count). The Hall–Kier alpha value is -1.28. The molecule has 2 N–H and O–H groups in total. The van der Waals surface area contributed by atoms with Gasteiger partial charge in [0.2, 0.25) is 0 Å². The molecule has 0 aromatic carbocycles. The van der Waals surface area contributed by atoms with Crippen molar-refractivity contribution in [3.05, 3.63) is 0 Å². The van der Waals surface area contributed by atoms with Gasteiger partial charge in [0.1, 0.15) is 5.54 Å². The Kier molecular flexibility index (Phi) is 3.92. The molecule has 15 heavy (non-hydrogen) atoms. The van der Waals surface area contributed by atoms with E-state index in [2.05, 4.69) is 21.7 Å². The lowest BCUT2D eigenvalue weighted by atomic mass is 9.75. The molecule has 0 bridgehead atoms. The van der Waals surface area contributed by atoms with Crippen molar-refractivity contribution >= 4 is 6.09 Å². The second-order valence-corrected chi connectivity index (χ2v) is 3.97. The standard InChI is InChI=1S/C10H17N3O2/c1-8-5-3-4-6-10(8,7-11)13-12-9(14)15-2/h8,13H,3-6H2,1-2H3,(H,12,14). The lowest BCUT2D eigenvalue weighted by Gasteiger charge is -2.37. The molecule has 0 aliphatic heterocycles. The smallest absolute Gasteiger partial charge is 0.421 e. The molecular weight excluding hydrogens is 194 g/mol. The van der Waals surface area contributed by atoms with Crippen LogP contribution in [0.1, 0.15) is 32.6 Å². The number of amides is 1. The molecule has 0 spiro atoms. The average Bonchev–Trinajstić information content (AvgIpc) is 2.28. The maximum absolute atomic E-state index is 10.9. The van der Waals surface area contributed by atoms with Crippen molar-refractivity contribution in [1.29, 1.82) is 5.26 Å². The summed E-state index contributed by atoms with van der Waals surface area (Å²) in [4.78, 5) is 10.9. The molecule has 1 aliphatic carbocycles. The average molecular weight is 211 g/mol. The Morgan fingerprint density at radius 1 is 1.60 bits per heavy atom. The van der Waals surface area contributed by atoms with E-state index in [0.29, 0.717) is 0 Å². The van der Waals surface area contributed by atoms with Crippen LogP contribution >= 0.6 is 0 Å². The van der Waals surface area contributed by atoms with Gasteiger partial charge in [-0.3, -0.25) is 5.43 Å². The van der Waals surface area contributed by atoms with E-state index < -0.39 is 11.6 Å². The number of methoxy groups -OCH3 is 1. The van der Waals surface area contributed by atoms with Crippen LogP contribution in [0.25, 0.3) is 0 Å². The summed E-state index contributed by atoms with van der Waals surface area (Å²) in [6, 6.07) is 2.27. The summed E-state index contributed by atoms with van der Waals surface area (Å²) < 4.78 is 4.44. The van der Waals surface area contributed by atoms with E-state index in [4.69, 9.17) is 0 Å². The van der Waals surface area contributed by atoms with Crippen LogP contribution in [0.2, 0.25) is 0 Å². The SMILES string of the molecule is COC(=O)NNC1(C#N)CCCCC1C. The van der Waals surface area contributed by atoms with Crippen LogP contribution < -0.4 is 10.9 Å². The lowest BCUT2D eigenvalue weighted by molar-refractivity contribution is 0.142. The van der Waals surface area contributed by atoms with Gasteiger partial charge in [-0.1, -0.05) is 19.8 Å². The molecule has 5 heteroatoms. The summed E-state index contributed by atoms with van der Waals surface area (Å²) in [7, 11) is 1.29. The summed E-state index contributed by atoms with van der Waals surface area (Å²) in [5.74, 6) is 0.230. The van der Waals surface area contributed by atoms with E-state index in [-0.39, 0.29) is 5.92 Å². The van der Waals surface area contributed by atoms with Crippen molar-refractivity contribution in [2.45, 2.75) is 38.1 Å². The zero-order valence-electron chi connectivity index (χ0n) is 9.17. The molecule has 84 valence electrons. The van der Waals surface area contributed by atoms with Gasteiger partial charge in [-0.25, -0.2) is 10.2 Å². The van der Waals surface area contributed by atoms with E-state index in [0.717, 1.165) is 25.7 Å². The maximum atomic E-state index is 10.9. The van der Waals surface area contributed by atoms with Crippen LogP contribution in [0, 0.1) is 17.2 Å². The summed E-state index contributed by atoms with van der Waals surface area (Å²) in [5, 5.41) is 9.19. The van der Waals surface area contributed by atoms with Gasteiger partial charge in [-0.05, 0) is 18.8 Å². The molecule has 1 amide bonds. The van der Waals surface area contributed by atoms with Crippen molar-refractivity contribution in [2.75, 3.05) is 7.11 Å². The van der Waals surface area contributed by atoms with E-state index in [1.54, 1.807) is 0 Å². The van der Waals surface area contributed by atoms with Gasteiger partial charge in [0, 0.05) is 0 Å². The van der Waals surface area contributed by atoms with Crippen LogP contribution in [0.3, 0.4) is 0 Å². The minimum atomic E-state index is -0.646. The number of rotatable bonds is 2. The second-order valence-electron chi connectivity index (χ2n) is 3.97. The molecule has 2 unspecified atom stereocenters. The number of hydrogen-bond acceptors (Lipinski definition) is 4. The van der Waals surface area contributed by atoms with E-state index in [1.165, 1.54) is 7.11 Å². The second kappa shape index (κ2) is 4.99. The predicted molar refractivity (Wildman–Crippen MR) is 54.7 cm³/mol. The molecular formula is C10H17N3O2. The number of nitrogens with zero attached hydrogens (tertiary/aromatic N) is 1. The van der Waals surface area contributed by atoms with Gasteiger partial charge in [0.15, 0.2) is 0 Å². The fourth-order valence-corrected chi connectivity index (χ4v) is 1.94. The topological polar surface area (TPSA) is 74.2 Å². The number of nitrogens with one attached hydrogen (secondary N) is 2. The molecule has 1 aliphatic rings. The molecule has 2 atom stereocenters. The van der Waals surface area contributed by atoms with Crippen LogP contribution in [-0.2, 0) is 4.74 Å². The third-order valence-corrected chi connectivity index (χ3v) is 3.07. The Bertz CT molecular complexity index is 274. The third-order valence-electron chi connectivity index (χ3n) is 3.07. The summed E-state index contributed by atoms with van der Waals surface area (Å²) in [6.45, 7) is 2.02. The quantitative estimate of drug-likeness (QED) is 0.675. The minimum Gasteiger partial charge on any atom is -0.452 e. The number of hydrogen-bond donors (Lipinski definition) is 2. The molecule has 0 aromatic heterocycles. The number of carbonyl (C=O) groups excluding carboxylic acids is 1. The van der Waals surface area contributed by atoms with Gasteiger partial charge in [-0.2, -0.15) is 5.26 Å². The fourth-order valence-electron chi connectivity index (χ4n) is 1.94. The largest absolute Gasteiger partial charge is 0.452 e. The third kappa shape index (κ3) is 2.60. The van der Waals surface area contributed by atoms with Gasteiger partial charge in [-0.15, -0.1) is 0 Å². The summed E-state index contributed by atoms with van der Waals surface area (Å²) in [5.41, 5.74) is 4.54. The highest BCUT2D eigenvalue weighted by atomic mass is 16.5. The number of hydrazine groups is 1. The Morgan fingerprint density at radius 2 is 2.33 bits per heavy atom. The Balaban J connectivity index is 2.60. The first-order valence-electron chi connectivity index (χ1n) is 5.17. The number of ether oxygens (including phenoxy) is 1. The monoisotopic (exact) mass is 211 g/mol. The molecule has 1 fully saturated rings. The first-order valence-corrected chi connectivity index (χ1v) is 5.17. The van der Waals surface area contributed by atoms with Crippen molar-refractivity contribution in [1.82, 2.24) is 10.9 Å². The number of nitriles is 1. The van der Waals surface area contributed by atoms with Crippen molar-refractivity contribution in [3.63, 3.8) is 0 Å². The van der Waals surface area contributed by atoms with Crippen LogP contribution in [0.5, 0.6) is 0 Å². The minimum absolute atomic E-state index is 0.230. The normalized spacial score (nSPS) is 30.3. The summed E-state index contributed by atoms with van der Waals surface area (Å²) in [6.07, 6.45) is 3.35. The zero-order chi connectivity index (χ0) is 11.3. The predicted octanol–water partition coefficient (Wildman–Crippen LogP) is 1.32. The van der Waals surface area contributed by atoms with Crippen LogP contribution in [0.15, 0.2) is 0 Å². The van der Waals surface area contributed by atoms with Gasteiger partial charge in [0.05, 0.1) is 13.2 Å². The highest BCUT2D eigenvalue weighted by molar-refractivity contribution is 5.66. The van der Waals surface area contributed by atoms with Gasteiger partial charge in [0.25, 0.3) is 0 Å². The van der Waals surface area contributed by atoms with Crippen molar-refractivity contribution in [3.8, 4) is 6.07 Å². The molecule has 5 nitrogen and oxygen atoms in total. The summed E-state index contributed by atoms with van der Waals surface area (Å²) >= 11 is 0. The highest BCUT2D eigenvalue weighted by Crippen LogP contribution is 2.32. The lowest BCUT2D eigenvalue weighted by Crippen LogP contribution is -2.58. The molecule has 0 heterocycles. The Labute approximate surface area is 89.8 Å². The fraction of sp³-hybridized carbons (Fsp3) is 0.800. The zero-order valence-corrected chi connectivity index (χ0v) is 9.17. The van der Waals surface area contributed by atoms with Gasteiger partial charge < -0.3 is 4.74 Å². The van der Waals surface area contributed by atoms with E-state index in [9.17, 15) is 10.1 Å². The molecule has 0 radical (unpaired) electrons. The first-order chi connectivity index (χ1) is 7.14. The Morgan fingerprint density at radius 3 is 2.87 bits per heavy atom. The first kappa shape index (κ1) is 11.8. The van der Waals surface area contributed by atoms with Crippen LogP contribution in [0.4, 0.5) is 4.79 Å². The van der Waals surface area contributed by atoms with Crippen LogP contribution in [-0.4, -0.2) is 18.7 Å². The van der Waals surface area contributed by atoms with Crippen molar-refractivity contribution in [2.24, 2.45) is 5.92 Å². The molecule has 0 saturated heterocycles.